The van der Waals surface area contributed by atoms with Crippen molar-refractivity contribution in [3.05, 3.63) is 250 Å². The quantitative estimate of drug-likeness (QED) is 0.0740. The Kier molecular flexibility index (Phi) is 20.0. The van der Waals surface area contributed by atoms with Crippen LogP contribution in [0.2, 0.25) is 0 Å². The van der Waals surface area contributed by atoms with E-state index >= 15 is 0 Å². The summed E-state index contributed by atoms with van der Waals surface area (Å²) in [5.74, 6) is 4.36. The Hall–Kier alpha value is -9.54. The van der Waals surface area contributed by atoms with Gasteiger partial charge >= 0.3 is 0 Å². The summed E-state index contributed by atoms with van der Waals surface area (Å²) in [6.45, 7) is 18.7. The number of rotatable bonds is 11. The summed E-state index contributed by atoms with van der Waals surface area (Å²) in [4.78, 5) is 63.4. The highest BCUT2D eigenvalue weighted by atomic mass is 16.5. The molecule has 8 aromatic carbocycles. The highest BCUT2D eigenvalue weighted by Gasteiger charge is 2.67. The zero-order valence-electron chi connectivity index (χ0n) is 50.6. The van der Waals surface area contributed by atoms with Crippen LogP contribution in [0.25, 0.3) is 57.0 Å². The van der Waals surface area contributed by atoms with Crippen LogP contribution in [0.3, 0.4) is 0 Å². The second-order valence-electron chi connectivity index (χ2n) is 22.7. The van der Waals surface area contributed by atoms with Gasteiger partial charge in [-0.25, -0.2) is 9.97 Å². The molecule has 2 aromatic heterocycles. The van der Waals surface area contributed by atoms with Gasteiger partial charge in [0, 0.05) is 27.7 Å². The molecule has 2 N–H and O–H groups in total. The summed E-state index contributed by atoms with van der Waals surface area (Å²) in [6.07, 6.45) is 6.48. The van der Waals surface area contributed by atoms with Crippen LogP contribution in [0, 0.1) is 50.4 Å². The topological polar surface area (TPSA) is 144 Å². The lowest BCUT2D eigenvalue weighted by molar-refractivity contribution is -0.127. The van der Waals surface area contributed by atoms with Gasteiger partial charge in [-0.3, -0.25) is 19.2 Å². The fraction of sp³-hybridized carbons (Fsp3) is 0.227. The Morgan fingerprint density at radius 1 is 0.553 bits per heavy atom. The number of benzene rings is 8. The molecule has 12 rings (SSSR count). The number of ketones is 4. The van der Waals surface area contributed by atoms with Crippen LogP contribution in [0.15, 0.2) is 206 Å². The molecule has 85 heavy (non-hydrogen) atoms. The summed E-state index contributed by atoms with van der Waals surface area (Å²) in [7, 11) is 3.19. The minimum absolute atomic E-state index is 0.0517. The number of carbonyl (C=O) groups is 4. The number of hydrogen-bond acceptors (Lipinski definition) is 8. The molecule has 2 bridgehead atoms. The third-order valence-corrected chi connectivity index (χ3v) is 16.4. The molecule has 2 saturated carbocycles. The molecule has 2 heterocycles. The Morgan fingerprint density at radius 3 is 1.39 bits per heavy atom. The largest absolute Gasteiger partial charge is 0.497 e. The number of carbonyl (C=O) groups excluding carboxylic acids is 4. The van der Waals surface area contributed by atoms with Gasteiger partial charge in [-0.2, -0.15) is 0 Å². The molecule has 10 nitrogen and oxygen atoms in total. The second kappa shape index (κ2) is 27.7. The van der Waals surface area contributed by atoms with Crippen molar-refractivity contribution < 1.29 is 28.7 Å². The van der Waals surface area contributed by atoms with Crippen molar-refractivity contribution in [1.29, 1.82) is 0 Å². The molecule has 10 heteroatoms. The molecule has 10 aromatic rings. The number of ether oxygens (including phenoxy) is 2. The van der Waals surface area contributed by atoms with E-state index < -0.39 is 0 Å². The number of aryl methyl sites for hydroxylation is 4. The first kappa shape index (κ1) is 61.5. The zero-order valence-corrected chi connectivity index (χ0v) is 50.6. The highest BCUT2D eigenvalue weighted by Crippen LogP contribution is 2.68. The van der Waals surface area contributed by atoms with Crippen molar-refractivity contribution in [2.75, 3.05) is 14.2 Å². The lowest BCUT2D eigenvalue weighted by Crippen LogP contribution is -2.37. The number of H-pyrrole nitrogens is 2. The maximum atomic E-state index is 12.9. The molecule has 2 fully saturated rings. The van der Waals surface area contributed by atoms with Crippen LogP contribution in [0.5, 0.6) is 11.5 Å². The predicted molar refractivity (Wildman–Crippen MR) is 346 cm³/mol. The monoisotopic (exact) mass is 1130 g/mol. The third-order valence-electron chi connectivity index (χ3n) is 16.4. The maximum absolute atomic E-state index is 12.9. The van der Waals surface area contributed by atoms with Gasteiger partial charge in [-0.1, -0.05) is 178 Å². The van der Waals surface area contributed by atoms with E-state index in [4.69, 9.17) is 9.47 Å². The van der Waals surface area contributed by atoms with E-state index in [0.717, 1.165) is 79.3 Å². The van der Waals surface area contributed by atoms with Crippen molar-refractivity contribution >= 4 is 57.4 Å². The molecule has 0 amide bonds. The van der Waals surface area contributed by atoms with Crippen molar-refractivity contribution in [2.24, 2.45) is 22.7 Å². The molecule has 3 atom stereocenters. The van der Waals surface area contributed by atoms with E-state index in [-0.39, 0.29) is 34.6 Å². The first-order valence-electron chi connectivity index (χ1n) is 28.7. The van der Waals surface area contributed by atoms with Crippen molar-refractivity contribution in [3.8, 4) is 34.3 Å². The number of nitrogens with zero attached hydrogens (tertiary/aromatic N) is 2. The van der Waals surface area contributed by atoms with Gasteiger partial charge in [0.2, 0.25) is 0 Å². The van der Waals surface area contributed by atoms with Crippen molar-refractivity contribution in [2.45, 2.75) is 75.2 Å². The fourth-order valence-corrected chi connectivity index (χ4v) is 10.9. The summed E-state index contributed by atoms with van der Waals surface area (Å²) in [5, 5.41) is 0. The van der Waals surface area contributed by atoms with Gasteiger partial charge in [0.05, 0.1) is 42.7 Å². The number of imidazole rings is 2. The molecule has 0 aliphatic heterocycles. The molecular formula is C75H76N4O6. The Labute approximate surface area is 500 Å². The lowest BCUT2D eigenvalue weighted by Gasteiger charge is -2.35. The van der Waals surface area contributed by atoms with Gasteiger partial charge in [0.25, 0.3) is 0 Å². The number of hydrogen-bond donors (Lipinski definition) is 2. The second-order valence-corrected chi connectivity index (χ2v) is 22.7. The molecule has 0 spiro atoms. The Bertz CT molecular complexity index is 3850. The minimum atomic E-state index is -0.186. The van der Waals surface area contributed by atoms with Crippen LogP contribution >= 0.6 is 0 Å². The van der Waals surface area contributed by atoms with Crippen LogP contribution < -0.4 is 9.47 Å². The number of fused-ring (bicyclic) bond motifs is 4. The molecule has 3 unspecified atom stereocenters. The SMILES string of the molecule is COc1ccc(/C=C/C(C)=O)cc1.COc1ccc(C(=O)CC(=O)c2ccc(C)cc2)cc1.Cc1ccc(/C=C2\C(=O)C3(C)C(C)CC2C3(C)C)cc1.Cc1ccc2nc(-c3ccccc3)[nH]c2c1.Cc1ccc2nc(-c3ccccc3)[nH]c2c1. The molecular weight excluding hydrogens is 1050 g/mol. The number of methoxy groups -OCH3 is 2. The number of nitrogens with one attached hydrogen (secondary N) is 2. The van der Waals surface area contributed by atoms with Crippen LogP contribution in [0.4, 0.5) is 0 Å². The minimum Gasteiger partial charge on any atom is -0.497 e. The van der Waals surface area contributed by atoms with Crippen molar-refractivity contribution in [1.82, 2.24) is 19.9 Å². The normalized spacial score (nSPS) is 16.7. The highest BCUT2D eigenvalue weighted by molar-refractivity contribution is 6.13. The molecule has 2 aliphatic rings. The van der Waals surface area contributed by atoms with Gasteiger partial charge in [0.15, 0.2) is 23.1 Å². The third kappa shape index (κ3) is 15.2. The van der Waals surface area contributed by atoms with E-state index in [9.17, 15) is 19.2 Å². The Morgan fingerprint density at radius 2 is 0.965 bits per heavy atom. The summed E-state index contributed by atoms with van der Waals surface area (Å²) < 4.78 is 10.0. The molecule has 0 saturated heterocycles. The van der Waals surface area contributed by atoms with Gasteiger partial charge in [-0.05, 0) is 159 Å². The smallest absolute Gasteiger partial charge is 0.170 e. The van der Waals surface area contributed by atoms with Crippen LogP contribution in [-0.4, -0.2) is 57.3 Å². The fourth-order valence-electron chi connectivity index (χ4n) is 10.9. The van der Waals surface area contributed by atoms with Crippen LogP contribution in [-0.2, 0) is 9.59 Å². The Balaban J connectivity index is 0.000000139. The number of aromatic amines is 2. The van der Waals surface area contributed by atoms with Gasteiger partial charge < -0.3 is 19.4 Å². The maximum Gasteiger partial charge on any atom is 0.170 e. The summed E-state index contributed by atoms with van der Waals surface area (Å²) in [6, 6.07) is 62.8. The van der Waals surface area contributed by atoms with E-state index in [1.165, 1.54) is 23.6 Å². The number of Topliss-reactive ketones (excluding diaryl/α,β-unsaturated/α-hetero) is 3. The van der Waals surface area contributed by atoms with Gasteiger partial charge in [0.1, 0.15) is 23.1 Å². The first-order valence-corrected chi connectivity index (χ1v) is 28.7. The number of allylic oxidation sites excluding steroid dienone is 2. The summed E-state index contributed by atoms with van der Waals surface area (Å²) >= 11 is 0. The average Bonchev–Trinajstić information content (AvgIpc) is 1.54. The predicted octanol–water partition coefficient (Wildman–Crippen LogP) is 17.5. The van der Waals surface area contributed by atoms with E-state index in [0.29, 0.717) is 34.5 Å². The molecule has 2 aliphatic carbocycles. The molecule has 432 valence electrons. The number of aromatic nitrogens is 4. The standard InChI is InChI=1S/C19H24O.C17H16O3.2C14H12N2.C11H12O2/c1-12-6-8-14(9-7-12)11-15-16-10-13(2)19(5,17(15)20)18(16,3)4;1-12-3-5-13(6-4-12)16(18)11-17(19)14-7-9-15(20-2)10-8-14;2*1-10-7-8-12-13(9-10)16-14(15-12)11-5-3-2-4-6-11;1-9(12)3-4-10-5-7-11(13-2)8-6-10/h6-9,11,13,16H,10H2,1-5H3;3-10H,11H2,1-2H3;2*2-9H,1H3,(H,15,16);3-8H,1-2H3/b15-11-;;;;4-3+. The average molecular weight is 1130 g/mol. The zero-order chi connectivity index (χ0) is 60.8. The molecule has 0 radical (unpaired) electrons. The van der Waals surface area contributed by atoms with Crippen molar-refractivity contribution in [3.63, 3.8) is 0 Å². The van der Waals surface area contributed by atoms with E-state index in [1.54, 1.807) is 62.8 Å². The van der Waals surface area contributed by atoms with E-state index in [2.05, 4.69) is 147 Å². The van der Waals surface area contributed by atoms with E-state index in [1.807, 2.05) is 91.9 Å². The van der Waals surface area contributed by atoms with Crippen LogP contribution in [0.1, 0.15) is 102 Å². The lowest BCUT2D eigenvalue weighted by atomic mass is 9.66. The first-order chi connectivity index (χ1) is 40.7. The van der Waals surface area contributed by atoms with Gasteiger partial charge in [-0.15, -0.1) is 0 Å². The summed E-state index contributed by atoms with van der Waals surface area (Å²) in [5.41, 5.74) is 15.5.